The number of rotatable bonds is 2. The standard InChI is InChI=1S/C21H30O4/c1-20-9-18-17(25-18)7-11(20)3-4-12-13-5-6-14(16(24)10-22)21(13,2)8-15(23)19(12)20/h11-14,17-19,22H,3-10H2,1-2H3/t11?,12-,13-,14+,17?,18?,19+,20-,21-/m0/s1. The van der Waals surface area contributed by atoms with Gasteiger partial charge in [0.05, 0.1) is 12.2 Å². The summed E-state index contributed by atoms with van der Waals surface area (Å²) in [6, 6.07) is 0. The van der Waals surface area contributed by atoms with Gasteiger partial charge in [0.15, 0.2) is 5.78 Å². The third-order valence-electron chi connectivity index (χ3n) is 9.14. The molecule has 4 heteroatoms. The maximum atomic E-state index is 13.4. The average Bonchev–Trinajstić information content (AvgIpc) is 3.21. The fourth-order valence-electron chi connectivity index (χ4n) is 7.98. The van der Waals surface area contributed by atoms with Crippen LogP contribution in [0.2, 0.25) is 0 Å². The molecular weight excluding hydrogens is 316 g/mol. The quantitative estimate of drug-likeness (QED) is 0.781. The Morgan fingerprint density at radius 3 is 2.72 bits per heavy atom. The van der Waals surface area contributed by atoms with Gasteiger partial charge in [-0.3, -0.25) is 9.59 Å². The molecule has 4 saturated carbocycles. The second-order valence-corrected chi connectivity index (χ2v) is 10.1. The molecule has 25 heavy (non-hydrogen) atoms. The molecule has 0 aromatic carbocycles. The molecule has 0 amide bonds. The van der Waals surface area contributed by atoms with E-state index in [4.69, 9.17) is 4.74 Å². The first-order valence-electron chi connectivity index (χ1n) is 10.2. The van der Waals surface area contributed by atoms with Crippen LogP contribution in [0.25, 0.3) is 0 Å². The molecule has 1 saturated heterocycles. The summed E-state index contributed by atoms with van der Waals surface area (Å²) in [6.07, 6.45) is 7.84. The van der Waals surface area contributed by atoms with E-state index >= 15 is 0 Å². The lowest BCUT2D eigenvalue weighted by molar-refractivity contribution is -0.158. The third kappa shape index (κ3) is 2.07. The molecule has 0 spiro atoms. The maximum absolute atomic E-state index is 13.4. The summed E-state index contributed by atoms with van der Waals surface area (Å²) in [7, 11) is 0. The Morgan fingerprint density at radius 1 is 1.16 bits per heavy atom. The zero-order chi connectivity index (χ0) is 17.6. The molecule has 5 aliphatic rings. The van der Waals surface area contributed by atoms with Crippen LogP contribution in [-0.2, 0) is 14.3 Å². The summed E-state index contributed by atoms with van der Waals surface area (Å²) in [5.41, 5.74) is -0.132. The van der Waals surface area contributed by atoms with Gasteiger partial charge in [0.1, 0.15) is 12.4 Å². The lowest BCUT2D eigenvalue weighted by Crippen LogP contribution is -2.58. The molecule has 4 nitrogen and oxygen atoms in total. The van der Waals surface area contributed by atoms with Gasteiger partial charge < -0.3 is 9.84 Å². The van der Waals surface area contributed by atoms with E-state index in [0.717, 1.165) is 32.1 Å². The molecule has 0 radical (unpaired) electrons. The van der Waals surface area contributed by atoms with Crippen molar-refractivity contribution in [2.75, 3.05) is 6.61 Å². The number of fused-ring (bicyclic) bond motifs is 6. The van der Waals surface area contributed by atoms with Crippen LogP contribution in [0.1, 0.15) is 58.8 Å². The summed E-state index contributed by atoms with van der Waals surface area (Å²) >= 11 is 0. The molecule has 0 bridgehead atoms. The fraction of sp³-hybridized carbons (Fsp3) is 0.905. The number of ketones is 2. The Morgan fingerprint density at radius 2 is 1.96 bits per heavy atom. The monoisotopic (exact) mass is 346 g/mol. The molecule has 1 aliphatic heterocycles. The van der Waals surface area contributed by atoms with Crippen molar-refractivity contribution in [2.24, 2.45) is 40.4 Å². The van der Waals surface area contributed by atoms with E-state index < -0.39 is 0 Å². The highest BCUT2D eigenvalue weighted by molar-refractivity contribution is 5.88. The Labute approximate surface area is 149 Å². The van der Waals surface area contributed by atoms with E-state index in [-0.39, 0.29) is 35.1 Å². The summed E-state index contributed by atoms with van der Waals surface area (Å²) in [5.74, 6) is 1.90. The van der Waals surface area contributed by atoms with E-state index in [2.05, 4.69) is 13.8 Å². The minimum Gasteiger partial charge on any atom is -0.389 e. The highest BCUT2D eigenvalue weighted by Gasteiger charge is 2.66. The number of aliphatic hydroxyl groups excluding tert-OH is 1. The Hall–Kier alpha value is -0.740. The minimum atomic E-state index is -0.380. The van der Waals surface area contributed by atoms with E-state index in [1.54, 1.807) is 0 Å². The zero-order valence-electron chi connectivity index (χ0n) is 15.4. The smallest absolute Gasteiger partial charge is 0.161 e. The summed E-state index contributed by atoms with van der Waals surface area (Å²) in [6.45, 7) is 4.14. The molecule has 4 aliphatic carbocycles. The lowest BCUT2D eigenvalue weighted by atomic mass is 9.44. The Kier molecular flexibility index (Phi) is 3.39. The van der Waals surface area contributed by atoms with Crippen LogP contribution < -0.4 is 0 Å². The number of ether oxygens (including phenoxy) is 1. The third-order valence-corrected chi connectivity index (χ3v) is 9.14. The molecule has 5 fully saturated rings. The molecule has 9 atom stereocenters. The number of carbonyl (C=O) groups is 2. The van der Waals surface area contributed by atoms with E-state index in [1.807, 2.05) is 0 Å². The first kappa shape index (κ1) is 16.4. The highest BCUT2D eigenvalue weighted by Crippen LogP contribution is 2.67. The van der Waals surface area contributed by atoms with Crippen molar-refractivity contribution >= 4 is 11.6 Å². The zero-order valence-corrected chi connectivity index (χ0v) is 15.4. The normalized spacial score (nSPS) is 56.4. The lowest BCUT2D eigenvalue weighted by Gasteiger charge is -2.58. The molecule has 1 N–H and O–H groups in total. The van der Waals surface area contributed by atoms with Crippen molar-refractivity contribution in [1.82, 2.24) is 0 Å². The second-order valence-electron chi connectivity index (χ2n) is 10.1. The van der Waals surface area contributed by atoms with Crippen molar-refractivity contribution in [2.45, 2.75) is 71.0 Å². The predicted octanol–water partition coefficient (Wildman–Crippen LogP) is 2.76. The summed E-state index contributed by atoms with van der Waals surface area (Å²) in [4.78, 5) is 25.7. The van der Waals surface area contributed by atoms with Crippen LogP contribution in [0, 0.1) is 40.4 Å². The molecule has 138 valence electrons. The molecule has 5 rings (SSSR count). The number of epoxide rings is 1. The average molecular weight is 346 g/mol. The number of aliphatic hydroxyl groups is 1. The van der Waals surface area contributed by atoms with E-state index in [9.17, 15) is 14.7 Å². The van der Waals surface area contributed by atoms with E-state index in [0.29, 0.717) is 42.2 Å². The van der Waals surface area contributed by atoms with Gasteiger partial charge in [-0.05, 0) is 67.1 Å². The van der Waals surface area contributed by atoms with Gasteiger partial charge in [0.25, 0.3) is 0 Å². The van der Waals surface area contributed by atoms with Gasteiger partial charge in [-0.15, -0.1) is 0 Å². The SMILES string of the molecule is C[C@]12CC(=O)[C@H]3[C@@H](CCC4CC5OC5C[C@@]43C)[C@@H]1CC[C@@H]2C(=O)CO. The maximum Gasteiger partial charge on any atom is 0.161 e. The van der Waals surface area contributed by atoms with Crippen LogP contribution in [-0.4, -0.2) is 35.5 Å². The van der Waals surface area contributed by atoms with Crippen LogP contribution in [0.15, 0.2) is 0 Å². The fourth-order valence-corrected chi connectivity index (χ4v) is 7.98. The largest absolute Gasteiger partial charge is 0.389 e. The second kappa shape index (κ2) is 5.16. The van der Waals surface area contributed by atoms with Gasteiger partial charge in [-0.25, -0.2) is 0 Å². The number of hydrogen-bond acceptors (Lipinski definition) is 4. The summed E-state index contributed by atoms with van der Waals surface area (Å²) < 4.78 is 5.84. The first-order valence-corrected chi connectivity index (χ1v) is 10.2. The van der Waals surface area contributed by atoms with Gasteiger partial charge in [0.2, 0.25) is 0 Å². The minimum absolute atomic E-state index is 0.0527. The van der Waals surface area contributed by atoms with Crippen molar-refractivity contribution < 1.29 is 19.4 Å². The van der Waals surface area contributed by atoms with Crippen molar-refractivity contribution in [3.63, 3.8) is 0 Å². The van der Waals surface area contributed by atoms with Crippen LogP contribution >= 0.6 is 0 Å². The van der Waals surface area contributed by atoms with Gasteiger partial charge in [0, 0.05) is 18.3 Å². The van der Waals surface area contributed by atoms with Crippen molar-refractivity contribution in [3.8, 4) is 0 Å². The van der Waals surface area contributed by atoms with Crippen LogP contribution in [0.4, 0.5) is 0 Å². The number of Topliss-reactive ketones (excluding diaryl/α,β-unsaturated/α-hetero) is 2. The van der Waals surface area contributed by atoms with Crippen LogP contribution in [0.5, 0.6) is 0 Å². The highest BCUT2D eigenvalue weighted by atomic mass is 16.6. The summed E-state index contributed by atoms with van der Waals surface area (Å²) in [5, 5.41) is 9.38. The van der Waals surface area contributed by atoms with Crippen LogP contribution in [0.3, 0.4) is 0 Å². The number of hydrogen-bond donors (Lipinski definition) is 1. The molecule has 3 unspecified atom stereocenters. The van der Waals surface area contributed by atoms with Gasteiger partial charge in [-0.2, -0.15) is 0 Å². The van der Waals surface area contributed by atoms with Crippen molar-refractivity contribution in [1.29, 1.82) is 0 Å². The molecule has 1 heterocycles. The van der Waals surface area contributed by atoms with Gasteiger partial charge in [-0.1, -0.05) is 13.8 Å². The molecular formula is C21H30O4. The number of carbonyl (C=O) groups excluding carboxylic acids is 2. The molecule has 0 aromatic heterocycles. The predicted molar refractivity (Wildman–Crippen MR) is 91.7 cm³/mol. The Balaban J connectivity index is 1.49. The topological polar surface area (TPSA) is 66.9 Å². The first-order chi connectivity index (χ1) is 11.9. The van der Waals surface area contributed by atoms with Crippen molar-refractivity contribution in [3.05, 3.63) is 0 Å². The Bertz CT molecular complexity index is 629. The van der Waals surface area contributed by atoms with E-state index in [1.165, 1.54) is 6.42 Å². The molecule has 0 aromatic rings. The van der Waals surface area contributed by atoms with Gasteiger partial charge >= 0.3 is 0 Å².